The summed E-state index contributed by atoms with van der Waals surface area (Å²) < 4.78 is 0. The normalized spacial score (nSPS) is 9.82. The number of hydrogen-bond acceptors (Lipinski definition) is 3. The van der Waals surface area contributed by atoms with Gasteiger partial charge in [0.25, 0.3) is 5.91 Å². The molecule has 0 aliphatic rings. The van der Waals surface area contributed by atoms with Crippen molar-refractivity contribution in [3.05, 3.63) is 28.8 Å². The molecule has 1 aromatic rings. The van der Waals surface area contributed by atoms with Crippen molar-refractivity contribution in [2.45, 2.75) is 6.42 Å². The Labute approximate surface area is 104 Å². The Bertz CT molecular complexity index is 435. The lowest BCUT2D eigenvalue weighted by Crippen LogP contribution is -2.19. The van der Waals surface area contributed by atoms with Gasteiger partial charge in [-0.1, -0.05) is 11.6 Å². The summed E-state index contributed by atoms with van der Waals surface area (Å²) in [5.41, 5.74) is 6.10. The molecule has 0 atom stereocenters. The second-order valence-electron chi connectivity index (χ2n) is 3.36. The molecular weight excluding hydrogens is 242 g/mol. The van der Waals surface area contributed by atoms with E-state index in [2.05, 4.69) is 10.6 Å². The minimum atomic E-state index is -0.240. The monoisotopic (exact) mass is 255 g/mol. The third kappa shape index (κ3) is 3.72. The van der Waals surface area contributed by atoms with E-state index in [1.165, 1.54) is 13.1 Å². The van der Waals surface area contributed by atoms with E-state index in [1.54, 1.807) is 12.1 Å². The number of carbonyl (C=O) groups excluding carboxylic acids is 2. The molecule has 0 fully saturated rings. The van der Waals surface area contributed by atoms with E-state index in [0.29, 0.717) is 16.3 Å². The molecule has 6 heteroatoms. The summed E-state index contributed by atoms with van der Waals surface area (Å²) in [6.07, 6.45) is 0.209. The first kappa shape index (κ1) is 13.5. The van der Waals surface area contributed by atoms with Crippen LogP contribution in [-0.4, -0.2) is 25.4 Å². The lowest BCUT2D eigenvalue weighted by Gasteiger charge is -2.08. The molecule has 0 aliphatic heterocycles. The zero-order valence-electron chi connectivity index (χ0n) is 9.42. The van der Waals surface area contributed by atoms with Crippen LogP contribution < -0.4 is 16.4 Å². The Morgan fingerprint density at radius 1 is 1.41 bits per heavy atom. The quantitative estimate of drug-likeness (QED) is 0.750. The van der Waals surface area contributed by atoms with Crippen LogP contribution in [0, 0.1) is 0 Å². The van der Waals surface area contributed by atoms with Gasteiger partial charge in [0.05, 0.1) is 10.7 Å². The Hall–Kier alpha value is -1.59. The van der Waals surface area contributed by atoms with Crippen LogP contribution in [0.3, 0.4) is 0 Å². The molecule has 0 heterocycles. The first-order chi connectivity index (χ1) is 8.08. The van der Waals surface area contributed by atoms with Gasteiger partial charge in [-0.25, -0.2) is 0 Å². The van der Waals surface area contributed by atoms with Crippen molar-refractivity contribution in [3.63, 3.8) is 0 Å². The molecule has 1 aromatic carbocycles. The number of hydrogen-bond donors (Lipinski definition) is 3. The van der Waals surface area contributed by atoms with Crippen molar-refractivity contribution >= 4 is 29.1 Å². The van der Waals surface area contributed by atoms with Crippen LogP contribution in [0.5, 0.6) is 0 Å². The van der Waals surface area contributed by atoms with Crippen molar-refractivity contribution in [2.24, 2.45) is 5.73 Å². The van der Waals surface area contributed by atoms with Gasteiger partial charge in [-0.15, -0.1) is 0 Å². The average molecular weight is 256 g/mol. The zero-order valence-corrected chi connectivity index (χ0v) is 10.2. The number of rotatable bonds is 4. The lowest BCUT2D eigenvalue weighted by molar-refractivity contribution is -0.116. The largest absolute Gasteiger partial charge is 0.355 e. The Balaban J connectivity index is 2.90. The van der Waals surface area contributed by atoms with E-state index in [0.717, 1.165) is 0 Å². The molecule has 0 saturated heterocycles. The number of benzene rings is 1. The molecular formula is C11H14ClN3O2. The van der Waals surface area contributed by atoms with E-state index in [4.69, 9.17) is 17.3 Å². The van der Waals surface area contributed by atoms with Crippen LogP contribution in [0.25, 0.3) is 0 Å². The molecule has 4 N–H and O–H groups in total. The van der Waals surface area contributed by atoms with Gasteiger partial charge in [0.2, 0.25) is 5.91 Å². The molecule has 0 aliphatic carbocycles. The molecule has 92 valence electrons. The van der Waals surface area contributed by atoms with Crippen LogP contribution in [0.15, 0.2) is 18.2 Å². The van der Waals surface area contributed by atoms with Crippen LogP contribution in [0.1, 0.15) is 16.8 Å². The number of nitrogens with one attached hydrogen (secondary N) is 2. The minimum Gasteiger partial charge on any atom is -0.355 e. The zero-order chi connectivity index (χ0) is 12.8. The van der Waals surface area contributed by atoms with Gasteiger partial charge in [0, 0.05) is 25.6 Å². The summed E-state index contributed by atoms with van der Waals surface area (Å²) in [6.45, 7) is 0.262. The molecule has 1 rings (SSSR count). The third-order valence-electron chi connectivity index (χ3n) is 2.10. The Kier molecular flexibility index (Phi) is 4.93. The molecule has 0 radical (unpaired) electrons. The summed E-state index contributed by atoms with van der Waals surface area (Å²) in [5, 5.41) is 5.47. The molecule has 0 saturated carbocycles. The van der Waals surface area contributed by atoms with Crippen molar-refractivity contribution < 1.29 is 9.59 Å². The van der Waals surface area contributed by atoms with Gasteiger partial charge in [0.15, 0.2) is 0 Å². The SMILES string of the molecule is CNC(=O)c1ccc(Cl)c(NC(=O)CCN)c1. The fourth-order valence-corrected chi connectivity index (χ4v) is 1.42. The number of halogens is 1. The predicted octanol–water partition coefficient (Wildman–Crippen LogP) is 0.987. The fraction of sp³-hybridized carbons (Fsp3) is 0.273. The molecule has 2 amide bonds. The van der Waals surface area contributed by atoms with Gasteiger partial charge in [-0.3, -0.25) is 9.59 Å². The van der Waals surface area contributed by atoms with E-state index in [-0.39, 0.29) is 24.8 Å². The number of nitrogens with two attached hydrogens (primary N) is 1. The molecule has 0 spiro atoms. The summed E-state index contributed by atoms with van der Waals surface area (Å²) in [5.74, 6) is -0.473. The molecule has 0 bridgehead atoms. The Morgan fingerprint density at radius 3 is 2.71 bits per heavy atom. The smallest absolute Gasteiger partial charge is 0.251 e. The summed E-state index contributed by atoms with van der Waals surface area (Å²) >= 11 is 5.91. The van der Waals surface area contributed by atoms with E-state index >= 15 is 0 Å². The highest BCUT2D eigenvalue weighted by Crippen LogP contribution is 2.23. The third-order valence-corrected chi connectivity index (χ3v) is 2.43. The van der Waals surface area contributed by atoms with Crippen LogP contribution in [0.4, 0.5) is 5.69 Å². The maximum Gasteiger partial charge on any atom is 0.251 e. The van der Waals surface area contributed by atoms with Gasteiger partial charge in [-0.05, 0) is 18.2 Å². The standard InChI is InChI=1S/C11H14ClN3O2/c1-14-11(17)7-2-3-8(12)9(6-7)15-10(16)4-5-13/h2-3,6H,4-5,13H2,1H3,(H,14,17)(H,15,16). The molecule has 0 aromatic heterocycles. The maximum absolute atomic E-state index is 11.4. The highest BCUT2D eigenvalue weighted by molar-refractivity contribution is 6.33. The first-order valence-corrected chi connectivity index (χ1v) is 5.48. The van der Waals surface area contributed by atoms with E-state index in [1.807, 2.05) is 0 Å². The predicted molar refractivity (Wildman–Crippen MR) is 67.1 cm³/mol. The second-order valence-corrected chi connectivity index (χ2v) is 3.77. The summed E-state index contributed by atoms with van der Waals surface area (Å²) in [4.78, 5) is 22.8. The van der Waals surface area contributed by atoms with Crippen molar-refractivity contribution in [3.8, 4) is 0 Å². The van der Waals surface area contributed by atoms with Gasteiger partial charge < -0.3 is 16.4 Å². The number of carbonyl (C=O) groups is 2. The van der Waals surface area contributed by atoms with Crippen LogP contribution in [-0.2, 0) is 4.79 Å². The van der Waals surface area contributed by atoms with E-state index < -0.39 is 0 Å². The van der Waals surface area contributed by atoms with E-state index in [9.17, 15) is 9.59 Å². The van der Waals surface area contributed by atoms with Crippen molar-refractivity contribution in [1.82, 2.24) is 5.32 Å². The highest BCUT2D eigenvalue weighted by atomic mass is 35.5. The van der Waals surface area contributed by atoms with Gasteiger partial charge in [-0.2, -0.15) is 0 Å². The van der Waals surface area contributed by atoms with Gasteiger partial charge in [0.1, 0.15) is 0 Å². The topological polar surface area (TPSA) is 84.2 Å². The summed E-state index contributed by atoms with van der Waals surface area (Å²) in [6, 6.07) is 4.67. The first-order valence-electron chi connectivity index (χ1n) is 5.10. The van der Waals surface area contributed by atoms with Crippen LogP contribution >= 0.6 is 11.6 Å². The second kappa shape index (κ2) is 6.22. The number of amides is 2. The fourth-order valence-electron chi connectivity index (χ4n) is 1.25. The molecule has 0 unspecified atom stereocenters. The Morgan fingerprint density at radius 2 is 2.12 bits per heavy atom. The number of anilines is 1. The average Bonchev–Trinajstić information content (AvgIpc) is 2.31. The highest BCUT2D eigenvalue weighted by Gasteiger charge is 2.09. The molecule has 17 heavy (non-hydrogen) atoms. The minimum absolute atomic E-state index is 0.209. The molecule has 5 nitrogen and oxygen atoms in total. The van der Waals surface area contributed by atoms with Crippen molar-refractivity contribution in [1.29, 1.82) is 0 Å². The lowest BCUT2D eigenvalue weighted by atomic mass is 10.2. The maximum atomic E-state index is 11.4. The summed E-state index contributed by atoms with van der Waals surface area (Å²) in [7, 11) is 1.53. The van der Waals surface area contributed by atoms with Crippen LogP contribution in [0.2, 0.25) is 5.02 Å². The van der Waals surface area contributed by atoms with Gasteiger partial charge >= 0.3 is 0 Å². The van der Waals surface area contributed by atoms with Crippen molar-refractivity contribution in [2.75, 3.05) is 18.9 Å².